The zero-order valence-electron chi connectivity index (χ0n) is 7.72. The van der Waals surface area contributed by atoms with Crippen LogP contribution in [0.5, 0.6) is 0 Å². The van der Waals surface area contributed by atoms with Crippen LogP contribution in [0.2, 0.25) is 5.02 Å². The molecule has 1 N–H and O–H groups in total. The first-order valence-corrected chi connectivity index (χ1v) is 6.15. The zero-order valence-corrected chi connectivity index (χ0v) is 9.29. The van der Waals surface area contributed by atoms with Crippen molar-refractivity contribution in [2.75, 3.05) is 6.26 Å². The van der Waals surface area contributed by atoms with Gasteiger partial charge in [0.15, 0.2) is 0 Å². The van der Waals surface area contributed by atoms with Gasteiger partial charge in [-0.3, -0.25) is 0 Å². The Labute approximate surface area is 91.1 Å². The van der Waals surface area contributed by atoms with Gasteiger partial charge in [-0.15, -0.1) is 0 Å². The minimum Gasteiger partial charge on any atom is -0.213 e. The van der Waals surface area contributed by atoms with Gasteiger partial charge in [0, 0.05) is 12.1 Å². The fraction of sp³-hybridized carbons (Fsp3) is 0.250. The summed E-state index contributed by atoms with van der Waals surface area (Å²) in [7, 11) is -3.50. The lowest BCUT2D eigenvalue weighted by molar-refractivity contribution is 0.546. The van der Waals surface area contributed by atoms with Crippen LogP contribution in [0, 0.1) is 11.6 Å². The summed E-state index contributed by atoms with van der Waals surface area (Å²) in [6.07, 6.45) is 0.896. The molecule has 0 aliphatic rings. The first kappa shape index (κ1) is 12.4. The van der Waals surface area contributed by atoms with E-state index >= 15 is 0 Å². The van der Waals surface area contributed by atoms with Crippen molar-refractivity contribution < 1.29 is 17.2 Å². The van der Waals surface area contributed by atoms with E-state index in [0.717, 1.165) is 18.4 Å². The lowest BCUT2D eigenvalue weighted by Gasteiger charge is -2.06. The lowest BCUT2D eigenvalue weighted by Crippen LogP contribution is -2.22. The predicted molar refractivity (Wildman–Crippen MR) is 53.1 cm³/mol. The first-order valence-electron chi connectivity index (χ1n) is 3.88. The molecule has 0 amide bonds. The van der Waals surface area contributed by atoms with E-state index in [-0.39, 0.29) is 5.02 Å². The van der Waals surface area contributed by atoms with Crippen molar-refractivity contribution >= 4 is 21.6 Å². The molecule has 0 spiro atoms. The maximum absolute atomic E-state index is 13.2. The quantitative estimate of drug-likeness (QED) is 0.835. The zero-order chi connectivity index (χ0) is 11.6. The highest BCUT2D eigenvalue weighted by Gasteiger charge is 2.13. The second kappa shape index (κ2) is 4.42. The van der Waals surface area contributed by atoms with Crippen molar-refractivity contribution in [3.05, 3.63) is 34.4 Å². The Hall–Kier alpha value is -0.720. The van der Waals surface area contributed by atoms with Gasteiger partial charge in [-0.1, -0.05) is 11.6 Å². The number of hydrogen-bond donors (Lipinski definition) is 1. The molecule has 0 fully saturated rings. The second-order valence-electron chi connectivity index (χ2n) is 2.92. The van der Waals surface area contributed by atoms with Crippen molar-refractivity contribution in [1.29, 1.82) is 0 Å². The molecule has 0 aliphatic heterocycles. The van der Waals surface area contributed by atoms with Crippen LogP contribution in [0.15, 0.2) is 12.1 Å². The first-order chi connectivity index (χ1) is 6.81. The van der Waals surface area contributed by atoms with Crippen molar-refractivity contribution in [3.8, 4) is 0 Å². The summed E-state index contributed by atoms with van der Waals surface area (Å²) in [6, 6.07) is 2.04. The Morgan fingerprint density at radius 2 is 2.00 bits per heavy atom. The Bertz CT molecular complexity index is 476. The van der Waals surface area contributed by atoms with Crippen LogP contribution in [-0.4, -0.2) is 14.7 Å². The summed E-state index contributed by atoms with van der Waals surface area (Å²) in [5, 5.41) is -0.248. The van der Waals surface area contributed by atoms with Crippen molar-refractivity contribution in [3.63, 3.8) is 0 Å². The molecule has 7 heteroatoms. The Balaban J connectivity index is 2.99. The molecular weight excluding hydrogens is 248 g/mol. The molecule has 0 saturated heterocycles. The number of nitrogens with one attached hydrogen (secondary N) is 1. The average Bonchev–Trinajstić information content (AvgIpc) is 2.10. The largest absolute Gasteiger partial charge is 0.213 e. The van der Waals surface area contributed by atoms with Crippen LogP contribution in [0.3, 0.4) is 0 Å². The van der Waals surface area contributed by atoms with E-state index in [0.29, 0.717) is 0 Å². The molecule has 1 aromatic carbocycles. The van der Waals surface area contributed by atoms with Gasteiger partial charge in [0.05, 0.1) is 11.3 Å². The van der Waals surface area contributed by atoms with Gasteiger partial charge in [0.2, 0.25) is 10.0 Å². The molecule has 1 rings (SSSR count). The molecule has 3 nitrogen and oxygen atoms in total. The molecule has 0 saturated carbocycles. The van der Waals surface area contributed by atoms with Crippen molar-refractivity contribution in [2.24, 2.45) is 0 Å². The summed E-state index contributed by atoms with van der Waals surface area (Å²) in [5.41, 5.74) is -0.395. The van der Waals surface area contributed by atoms with E-state index in [1.807, 2.05) is 4.72 Å². The van der Waals surface area contributed by atoms with E-state index in [1.54, 1.807) is 0 Å². The standard InChI is InChI=1S/C8H8ClF2NO2S/c1-15(13,14)12-4-5-7(10)3-2-6(9)8(5)11/h2-3,12H,4H2,1H3. The fourth-order valence-corrected chi connectivity index (χ4v) is 1.52. The Morgan fingerprint density at radius 1 is 1.40 bits per heavy atom. The van der Waals surface area contributed by atoms with E-state index in [1.165, 1.54) is 0 Å². The van der Waals surface area contributed by atoms with Crippen LogP contribution in [0.1, 0.15) is 5.56 Å². The second-order valence-corrected chi connectivity index (χ2v) is 5.16. The molecule has 0 unspecified atom stereocenters. The highest BCUT2D eigenvalue weighted by atomic mass is 35.5. The van der Waals surface area contributed by atoms with Gasteiger partial charge in [0.1, 0.15) is 11.6 Å². The van der Waals surface area contributed by atoms with E-state index in [9.17, 15) is 17.2 Å². The van der Waals surface area contributed by atoms with Crippen LogP contribution in [0.4, 0.5) is 8.78 Å². The van der Waals surface area contributed by atoms with Crippen LogP contribution < -0.4 is 4.72 Å². The maximum Gasteiger partial charge on any atom is 0.209 e. The predicted octanol–water partition coefficient (Wildman–Crippen LogP) is 1.67. The fourth-order valence-electron chi connectivity index (χ4n) is 0.934. The molecule has 0 bridgehead atoms. The Morgan fingerprint density at radius 3 is 2.53 bits per heavy atom. The molecule has 0 aliphatic carbocycles. The number of sulfonamides is 1. The highest BCUT2D eigenvalue weighted by molar-refractivity contribution is 7.88. The molecule has 15 heavy (non-hydrogen) atoms. The summed E-state index contributed by atoms with van der Waals surface area (Å²) < 4.78 is 49.7. The summed E-state index contributed by atoms with van der Waals surface area (Å²) in [5.74, 6) is -1.79. The van der Waals surface area contributed by atoms with E-state index in [4.69, 9.17) is 11.6 Å². The maximum atomic E-state index is 13.2. The smallest absolute Gasteiger partial charge is 0.209 e. The highest BCUT2D eigenvalue weighted by Crippen LogP contribution is 2.20. The SMILES string of the molecule is CS(=O)(=O)NCc1c(F)ccc(Cl)c1F. The molecular formula is C8H8ClF2NO2S. The van der Waals surface area contributed by atoms with E-state index in [2.05, 4.69) is 0 Å². The van der Waals surface area contributed by atoms with Crippen LogP contribution >= 0.6 is 11.6 Å². The number of benzene rings is 1. The number of rotatable bonds is 3. The molecule has 0 atom stereocenters. The van der Waals surface area contributed by atoms with Crippen molar-refractivity contribution in [1.82, 2.24) is 4.72 Å². The monoisotopic (exact) mass is 255 g/mol. The van der Waals surface area contributed by atoms with Gasteiger partial charge >= 0.3 is 0 Å². The third kappa shape index (κ3) is 3.40. The molecule has 0 heterocycles. The normalized spacial score (nSPS) is 11.7. The third-order valence-corrected chi connectivity index (χ3v) is 2.61. The van der Waals surface area contributed by atoms with Gasteiger partial charge in [-0.05, 0) is 12.1 Å². The summed E-state index contributed by atoms with van der Waals surface area (Å²) in [6.45, 7) is -0.461. The van der Waals surface area contributed by atoms with Crippen LogP contribution in [0.25, 0.3) is 0 Å². The van der Waals surface area contributed by atoms with Gasteiger partial charge in [0.25, 0.3) is 0 Å². The summed E-state index contributed by atoms with van der Waals surface area (Å²) >= 11 is 5.42. The minimum absolute atomic E-state index is 0.248. The van der Waals surface area contributed by atoms with Crippen molar-refractivity contribution in [2.45, 2.75) is 6.54 Å². The average molecular weight is 256 g/mol. The topological polar surface area (TPSA) is 46.2 Å². The van der Waals surface area contributed by atoms with E-state index < -0.39 is 33.8 Å². The van der Waals surface area contributed by atoms with Gasteiger partial charge in [-0.2, -0.15) is 0 Å². The lowest BCUT2D eigenvalue weighted by atomic mass is 10.2. The number of hydrogen-bond acceptors (Lipinski definition) is 2. The van der Waals surface area contributed by atoms with Gasteiger partial charge < -0.3 is 0 Å². The van der Waals surface area contributed by atoms with Crippen LogP contribution in [-0.2, 0) is 16.6 Å². The Kier molecular flexibility index (Phi) is 3.64. The third-order valence-electron chi connectivity index (χ3n) is 1.65. The molecule has 0 radical (unpaired) electrons. The molecule has 0 aromatic heterocycles. The number of halogens is 3. The molecule has 84 valence electrons. The minimum atomic E-state index is -3.50. The van der Waals surface area contributed by atoms with Gasteiger partial charge in [-0.25, -0.2) is 21.9 Å². The molecule has 1 aromatic rings. The summed E-state index contributed by atoms with van der Waals surface area (Å²) in [4.78, 5) is 0.